The highest BCUT2D eigenvalue weighted by Gasteiger charge is 2.42. The van der Waals surface area contributed by atoms with Gasteiger partial charge in [0.15, 0.2) is 5.82 Å². The second-order valence-electron chi connectivity index (χ2n) is 7.98. The number of hydrogen-bond acceptors (Lipinski definition) is 3. The van der Waals surface area contributed by atoms with E-state index < -0.39 is 5.92 Å². The zero-order valence-corrected chi connectivity index (χ0v) is 18.4. The summed E-state index contributed by atoms with van der Waals surface area (Å²) in [6, 6.07) is 17.0. The first-order chi connectivity index (χ1) is 15.1. The highest BCUT2D eigenvalue weighted by atomic mass is 35.5. The number of carbonyl (C=O) groups excluding carboxylic acids is 1. The molecule has 7 heteroatoms. The number of nitrogens with zero attached hydrogens (tertiary/aromatic N) is 4. The lowest BCUT2D eigenvalue weighted by Gasteiger charge is -2.37. The number of benzene rings is 2. The molecule has 158 valence electrons. The predicted octanol–water partition coefficient (Wildman–Crippen LogP) is 5.54. The summed E-state index contributed by atoms with van der Waals surface area (Å²) >= 11 is 12.6. The maximum Gasteiger partial charge on any atom is 0.234 e. The molecular formula is C24H22Cl2N4O. The number of fused-ring (bicyclic) bond motifs is 1. The van der Waals surface area contributed by atoms with E-state index in [0.717, 1.165) is 55.0 Å². The molecule has 0 radical (unpaired) electrons. The van der Waals surface area contributed by atoms with Gasteiger partial charge in [-0.3, -0.25) is 4.79 Å². The van der Waals surface area contributed by atoms with Crippen molar-refractivity contribution < 1.29 is 4.79 Å². The molecule has 3 aromatic rings. The second kappa shape index (κ2) is 8.48. The van der Waals surface area contributed by atoms with E-state index >= 15 is 0 Å². The number of piperidine rings is 1. The van der Waals surface area contributed by atoms with Crippen LogP contribution in [-0.4, -0.2) is 39.4 Å². The van der Waals surface area contributed by atoms with Crippen molar-refractivity contribution in [3.63, 3.8) is 0 Å². The van der Waals surface area contributed by atoms with Crippen LogP contribution in [0.25, 0.3) is 0 Å². The number of aliphatic imine (C=N–C) groups is 1. The van der Waals surface area contributed by atoms with Gasteiger partial charge in [0.25, 0.3) is 0 Å². The predicted molar refractivity (Wildman–Crippen MR) is 123 cm³/mol. The summed E-state index contributed by atoms with van der Waals surface area (Å²) in [6.07, 6.45) is 4.94. The molecule has 0 N–H and O–H groups in total. The van der Waals surface area contributed by atoms with Crippen LogP contribution in [0.4, 0.5) is 5.82 Å². The van der Waals surface area contributed by atoms with Crippen LogP contribution in [-0.2, 0) is 4.79 Å². The number of amides is 1. The maximum atomic E-state index is 13.9. The average Bonchev–Trinajstić information content (AvgIpc) is 3.29. The summed E-state index contributed by atoms with van der Waals surface area (Å²) < 4.78 is 1.83. The molecule has 1 amide bonds. The fourth-order valence-electron chi connectivity index (χ4n) is 4.54. The first-order valence-electron chi connectivity index (χ1n) is 10.5. The Morgan fingerprint density at radius 3 is 2.45 bits per heavy atom. The molecule has 2 aliphatic heterocycles. The minimum Gasteiger partial charge on any atom is -0.342 e. The molecule has 1 saturated heterocycles. The monoisotopic (exact) mass is 452 g/mol. The molecule has 0 bridgehead atoms. The van der Waals surface area contributed by atoms with Crippen molar-refractivity contribution in [2.45, 2.75) is 25.3 Å². The van der Waals surface area contributed by atoms with Crippen molar-refractivity contribution in [3.05, 3.63) is 82.0 Å². The van der Waals surface area contributed by atoms with E-state index in [1.165, 1.54) is 0 Å². The molecule has 3 heterocycles. The lowest BCUT2D eigenvalue weighted by Crippen LogP contribution is -2.47. The van der Waals surface area contributed by atoms with E-state index in [1.807, 2.05) is 58.1 Å². The number of hydrogen-bond donors (Lipinski definition) is 0. The molecule has 0 spiro atoms. The minimum absolute atomic E-state index is 0.0829. The van der Waals surface area contributed by atoms with Crippen LogP contribution >= 0.6 is 23.2 Å². The Balaban J connectivity index is 1.68. The van der Waals surface area contributed by atoms with Crippen LogP contribution in [0.5, 0.6) is 0 Å². The van der Waals surface area contributed by atoms with Gasteiger partial charge in [0.05, 0.1) is 28.0 Å². The van der Waals surface area contributed by atoms with Crippen molar-refractivity contribution >= 4 is 40.6 Å². The fourth-order valence-corrected chi connectivity index (χ4v) is 4.85. The third kappa shape index (κ3) is 3.77. The lowest BCUT2D eigenvalue weighted by molar-refractivity contribution is -0.135. The average molecular weight is 453 g/mol. The number of aromatic nitrogens is 2. The molecule has 5 nitrogen and oxygen atoms in total. The Bertz CT molecular complexity index is 1140. The molecule has 31 heavy (non-hydrogen) atoms. The van der Waals surface area contributed by atoms with Crippen molar-refractivity contribution in [2.24, 2.45) is 10.9 Å². The zero-order chi connectivity index (χ0) is 21.4. The summed E-state index contributed by atoms with van der Waals surface area (Å²) in [6.45, 7) is 1.55. The van der Waals surface area contributed by atoms with Gasteiger partial charge >= 0.3 is 0 Å². The summed E-state index contributed by atoms with van der Waals surface area (Å²) in [4.78, 5) is 20.8. The van der Waals surface area contributed by atoms with Gasteiger partial charge in [-0.15, -0.1) is 0 Å². The molecule has 2 atom stereocenters. The Hall–Kier alpha value is -2.63. The molecular weight excluding hydrogens is 431 g/mol. The third-order valence-electron chi connectivity index (χ3n) is 6.05. The largest absolute Gasteiger partial charge is 0.342 e. The van der Waals surface area contributed by atoms with Gasteiger partial charge in [-0.05, 0) is 42.5 Å². The fraction of sp³-hybridized carbons (Fsp3) is 0.292. The standard InChI is InChI=1S/C24H22Cl2N4O/c25-18-10-9-17(15-19(18)26)23-21(24(31)29-13-5-2-6-14-29)22(16-7-3-1-4-8-16)28-20-11-12-27-30(20)23/h1,3-4,7-12,15,21,23H,2,5-6,13-14H2. The number of rotatable bonds is 3. The van der Waals surface area contributed by atoms with Crippen molar-refractivity contribution in [3.8, 4) is 0 Å². The number of halogens is 2. The quantitative estimate of drug-likeness (QED) is 0.523. The van der Waals surface area contributed by atoms with E-state index in [0.29, 0.717) is 10.0 Å². The maximum absolute atomic E-state index is 13.9. The molecule has 0 saturated carbocycles. The van der Waals surface area contributed by atoms with E-state index in [9.17, 15) is 4.79 Å². The van der Waals surface area contributed by atoms with Crippen molar-refractivity contribution in [1.82, 2.24) is 14.7 Å². The Kier molecular flexibility index (Phi) is 5.55. The molecule has 2 aromatic carbocycles. The number of carbonyl (C=O) groups is 1. The SMILES string of the molecule is O=C(C1C(c2ccccc2)=Nc2ccnn2C1c1ccc(Cl)c(Cl)c1)N1CCCCC1. The molecule has 0 aliphatic carbocycles. The van der Waals surface area contributed by atoms with Crippen LogP contribution in [0, 0.1) is 5.92 Å². The van der Waals surface area contributed by atoms with Crippen LogP contribution in [0.1, 0.15) is 36.4 Å². The lowest BCUT2D eigenvalue weighted by atomic mass is 9.83. The number of likely N-dealkylation sites (tertiary alicyclic amines) is 1. The minimum atomic E-state index is -0.509. The van der Waals surface area contributed by atoms with Gasteiger partial charge in [0.1, 0.15) is 5.92 Å². The zero-order valence-electron chi connectivity index (χ0n) is 16.9. The Morgan fingerprint density at radius 2 is 1.71 bits per heavy atom. The van der Waals surface area contributed by atoms with Crippen LogP contribution in [0.3, 0.4) is 0 Å². The summed E-state index contributed by atoms with van der Waals surface area (Å²) in [5.41, 5.74) is 2.59. The second-order valence-corrected chi connectivity index (χ2v) is 8.79. The van der Waals surface area contributed by atoms with Crippen molar-refractivity contribution in [2.75, 3.05) is 13.1 Å². The smallest absolute Gasteiger partial charge is 0.234 e. The summed E-state index contributed by atoms with van der Waals surface area (Å²) in [7, 11) is 0. The van der Waals surface area contributed by atoms with Gasteiger partial charge in [0, 0.05) is 19.2 Å². The topological polar surface area (TPSA) is 50.5 Å². The first kappa shape index (κ1) is 20.3. The van der Waals surface area contributed by atoms with Gasteiger partial charge in [-0.1, -0.05) is 59.6 Å². The Labute approximate surface area is 191 Å². The van der Waals surface area contributed by atoms with Crippen LogP contribution < -0.4 is 0 Å². The molecule has 2 aliphatic rings. The van der Waals surface area contributed by atoms with Gasteiger partial charge in [-0.2, -0.15) is 5.10 Å². The first-order valence-corrected chi connectivity index (χ1v) is 11.3. The Morgan fingerprint density at radius 1 is 0.935 bits per heavy atom. The molecule has 1 fully saturated rings. The van der Waals surface area contributed by atoms with E-state index in [-0.39, 0.29) is 11.9 Å². The highest BCUT2D eigenvalue weighted by Crippen LogP contribution is 2.40. The van der Waals surface area contributed by atoms with Gasteiger partial charge in [-0.25, -0.2) is 9.67 Å². The molecule has 5 rings (SSSR count). The van der Waals surface area contributed by atoms with Crippen LogP contribution in [0.15, 0.2) is 65.8 Å². The van der Waals surface area contributed by atoms with Crippen LogP contribution in [0.2, 0.25) is 10.0 Å². The molecule has 1 aromatic heterocycles. The third-order valence-corrected chi connectivity index (χ3v) is 6.79. The summed E-state index contributed by atoms with van der Waals surface area (Å²) in [5.74, 6) is 0.294. The molecule has 2 unspecified atom stereocenters. The normalized spacial score (nSPS) is 20.8. The van der Waals surface area contributed by atoms with E-state index in [1.54, 1.807) is 12.3 Å². The highest BCUT2D eigenvalue weighted by molar-refractivity contribution is 6.42. The van der Waals surface area contributed by atoms with Crippen molar-refractivity contribution in [1.29, 1.82) is 0 Å². The van der Waals surface area contributed by atoms with Gasteiger partial charge < -0.3 is 4.90 Å². The van der Waals surface area contributed by atoms with E-state index in [4.69, 9.17) is 28.2 Å². The van der Waals surface area contributed by atoms with E-state index in [2.05, 4.69) is 5.10 Å². The van der Waals surface area contributed by atoms with Gasteiger partial charge in [0.2, 0.25) is 5.91 Å². The summed E-state index contributed by atoms with van der Waals surface area (Å²) in [5, 5.41) is 5.48.